The van der Waals surface area contributed by atoms with Gasteiger partial charge in [-0.3, -0.25) is 10.1 Å². The van der Waals surface area contributed by atoms with E-state index in [0.29, 0.717) is 17.1 Å². The molecule has 0 amide bonds. The third-order valence-corrected chi connectivity index (χ3v) is 1.80. The van der Waals surface area contributed by atoms with E-state index in [1.807, 2.05) is 0 Å². The molecule has 5 nitrogen and oxygen atoms in total. The van der Waals surface area contributed by atoms with Crippen molar-refractivity contribution in [2.24, 2.45) is 0 Å². The summed E-state index contributed by atoms with van der Waals surface area (Å²) in [6, 6.07) is 5.24. The second-order valence-corrected chi connectivity index (χ2v) is 2.68. The first-order chi connectivity index (χ1) is 6.77. The van der Waals surface area contributed by atoms with Crippen LogP contribution in [0, 0.1) is 10.1 Å². The maximum absolute atomic E-state index is 10.1. The number of rotatable bonds is 2. The van der Waals surface area contributed by atoms with E-state index in [1.54, 1.807) is 18.2 Å². The van der Waals surface area contributed by atoms with Crippen molar-refractivity contribution in [3.05, 3.63) is 40.1 Å². The van der Waals surface area contributed by atoms with Crippen LogP contribution in [0.3, 0.4) is 0 Å². The molecule has 0 spiro atoms. The summed E-state index contributed by atoms with van der Waals surface area (Å²) >= 11 is 0. The van der Waals surface area contributed by atoms with Gasteiger partial charge in [-0.25, -0.2) is 0 Å². The third kappa shape index (κ3) is 1.52. The average molecular weight is 193 g/mol. The first-order valence-electron chi connectivity index (χ1n) is 3.97. The Morgan fingerprint density at radius 3 is 3.07 bits per heavy atom. The molecule has 0 atom stereocenters. The number of para-hydroxylation sites is 1. The standard InChI is InChI=1S/C9H7NO4/c11-10(12)5-4-7-2-1-3-8-9(7)14-6-13-8/h1-5H,6H2/b5-4-. The molecule has 1 aliphatic heterocycles. The molecule has 1 aromatic carbocycles. The fraction of sp³-hybridized carbons (Fsp3) is 0.111. The van der Waals surface area contributed by atoms with Gasteiger partial charge in [-0.2, -0.15) is 0 Å². The Balaban J connectivity index is 2.35. The molecule has 1 heterocycles. The van der Waals surface area contributed by atoms with Crippen LogP contribution in [-0.2, 0) is 0 Å². The monoisotopic (exact) mass is 193 g/mol. The molecule has 0 radical (unpaired) electrons. The number of ether oxygens (including phenoxy) is 2. The molecule has 0 aromatic heterocycles. The van der Waals surface area contributed by atoms with Crippen molar-refractivity contribution >= 4 is 6.08 Å². The van der Waals surface area contributed by atoms with Crippen molar-refractivity contribution in [3.63, 3.8) is 0 Å². The normalized spacial score (nSPS) is 13.4. The van der Waals surface area contributed by atoms with Crippen LogP contribution in [0.4, 0.5) is 0 Å². The molecule has 0 saturated heterocycles. The summed E-state index contributed by atoms with van der Waals surface area (Å²) in [7, 11) is 0. The molecule has 14 heavy (non-hydrogen) atoms. The minimum absolute atomic E-state index is 0.165. The molecule has 0 unspecified atom stereocenters. The number of hydrogen-bond donors (Lipinski definition) is 0. The van der Waals surface area contributed by atoms with Crippen molar-refractivity contribution in [1.82, 2.24) is 0 Å². The number of hydrogen-bond acceptors (Lipinski definition) is 4. The van der Waals surface area contributed by atoms with Crippen LogP contribution < -0.4 is 9.47 Å². The van der Waals surface area contributed by atoms with Gasteiger partial charge in [-0.05, 0) is 6.07 Å². The molecular formula is C9H7NO4. The highest BCUT2D eigenvalue weighted by atomic mass is 16.7. The average Bonchev–Trinajstić information content (AvgIpc) is 2.62. The second-order valence-electron chi connectivity index (χ2n) is 2.68. The number of nitrogens with zero attached hydrogens (tertiary/aromatic N) is 1. The lowest BCUT2D eigenvalue weighted by Crippen LogP contribution is -1.93. The van der Waals surface area contributed by atoms with E-state index in [0.717, 1.165) is 6.20 Å². The van der Waals surface area contributed by atoms with Crippen LogP contribution in [0.1, 0.15) is 5.56 Å². The maximum atomic E-state index is 10.1. The first-order valence-corrected chi connectivity index (χ1v) is 3.97. The highest BCUT2D eigenvalue weighted by molar-refractivity contribution is 5.62. The minimum Gasteiger partial charge on any atom is -0.454 e. The SMILES string of the molecule is O=[N+]([O-])/C=C\c1cccc2c1OCO2. The molecule has 1 aliphatic rings. The summed E-state index contributed by atoms with van der Waals surface area (Å²) in [6.45, 7) is 0.165. The van der Waals surface area contributed by atoms with Crippen LogP contribution in [0.25, 0.3) is 6.08 Å². The van der Waals surface area contributed by atoms with Gasteiger partial charge in [0.1, 0.15) is 0 Å². The molecule has 0 aliphatic carbocycles. The molecular weight excluding hydrogens is 186 g/mol. The Kier molecular flexibility index (Phi) is 2.06. The van der Waals surface area contributed by atoms with Crippen LogP contribution in [0.5, 0.6) is 11.5 Å². The zero-order valence-corrected chi connectivity index (χ0v) is 7.17. The summed E-state index contributed by atoms with van der Waals surface area (Å²) in [5.74, 6) is 1.18. The smallest absolute Gasteiger partial charge is 0.235 e. The van der Waals surface area contributed by atoms with E-state index >= 15 is 0 Å². The van der Waals surface area contributed by atoms with E-state index in [1.165, 1.54) is 6.08 Å². The van der Waals surface area contributed by atoms with E-state index in [9.17, 15) is 10.1 Å². The summed E-state index contributed by atoms with van der Waals surface area (Å²) in [5, 5.41) is 10.1. The van der Waals surface area contributed by atoms with Gasteiger partial charge in [0.05, 0.1) is 4.92 Å². The van der Waals surface area contributed by atoms with E-state index in [-0.39, 0.29) is 6.79 Å². The highest BCUT2D eigenvalue weighted by Gasteiger charge is 2.15. The Morgan fingerprint density at radius 2 is 2.29 bits per heavy atom. The molecule has 0 saturated carbocycles. The number of fused-ring (bicyclic) bond motifs is 1. The maximum Gasteiger partial charge on any atom is 0.235 e. The summed E-state index contributed by atoms with van der Waals surface area (Å²) in [4.78, 5) is 9.60. The van der Waals surface area contributed by atoms with E-state index in [4.69, 9.17) is 9.47 Å². The van der Waals surface area contributed by atoms with Gasteiger partial charge in [0, 0.05) is 11.6 Å². The van der Waals surface area contributed by atoms with E-state index < -0.39 is 4.92 Å². The zero-order chi connectivity index (χ0) is 9.97. The van der Waals surface area contributed by atoms with Gasteiger partial charge in [-0.15, -0.1) is 0 Å². The van der Waals surface area contributed by atoms with Gasteiger partial charge in [0.15, 0.2) is 11.5 Å². The Labute approximate surface area is 79.7 Å². The van der Waals surface area contributed by atoms with Crippen LogP contribution >= 0.6 is 0 Å². The molecule has 72 valence electrons. The quantitative estimate of drug-likeness (QED) is 0.529. The van der Waals surface area contributed by atoms with Gasteiger partial charge in [0.2, 0.25) is 13.0 Å². The number of nitro groups is 1. The minimum atomic E-state index is -0.519. The van der Waals surface area contributed by atoms with Crippen LogP contribution in [0.2, 0.25) is 0 Å². The predicted molar refractivity (Wildman–Crippen MR) is 48.6 cm³/mol. The topological polar surface area (TPSA) is 61.6 Å². The zero-order valence-electron chi connectivity index (χ0n) is 7.17. The Hall–Kier alpha value is -2.04. The van der Waals surface area contributed by atoms with Crippen molar-refractivity contribution < 1.29 is 14.4 Å². The van der Waals surface area contributed by atoms with Crippen molar-refractivity contribution in [1.29, 1.82) is 0 Å². The molecule has 0 bridgehead atoms. The van der Waals surface area contributed by atoms with Crippen LogP contribution in [-0.4, -0.2) is 11.7 Å². The fourth-order valence-electron chi connectivity index (χ4n) is 1.23. The highest BCUT2D eigenvalue weighted by Crippen LogP contribution is 2.35. The molecule has 0 fully saturated rings. The summed E-state index contributed by atoms with van der Waals surface area (Å²) in [5.41, 5.74) is 0.650. The van der Waals surface area contributed by atoms with E-state index in [2.05, 4.69) is 0 Å². The molecule has 0 N–H and O–H groups in total. The van der Waals surface area contributed by atoms with Gasteiger partial charge in [-0.1, -0.05) is 12.1 Å². The Morgan fingerprint density at radius 1 is 1.43 bits per heavy atom. The Bertz CT molecular complexity index is 400. The van der Waals surface area contributed by atoms with Gasteiger partial charge >= 0.3 is 0 Å². The second kappa shape index (κ2) is 3.37. The fourth-order valence-corrected chi connectivity index (χ4v) is 1.23. The van der Waals surface area contributed by atoms with Gasteiger partial charge < -0.3 is 9.47 Å². The van der Waals surface area contributed by atoms with Crippen molar-refractivity contribution in [2.45, 2.75) is 0 Å². The first kappa shape index (κ1) is 8.55. The molecule has 5 heteroatoms. The predicted octanol–water partition coefficient (Wildman–Crippen LogP) is 1.66. The molecule has 2 rings (SSSR count). The third-order valence-electron chi connectivity index (χ3n) is 1.80. The number of benzene rings is 1. The van der Waals surface area contributed by atoms with Crippen molar-refractivity contribution in [3.8, 4) is 11.5 Å². The summed E-state index contributed by atoms with van der Waals surface area (Å²) in [6.07, 6.45) is 2.25. The lowest BCUT2D eigenvalue weighted by molar-refractivity contribution is -0.400. The summed E-state index contributed by atoms with van der Waals surface area (Å²) < 4.78 is 10.3. The molecule has 1 aromatic rings. The van der Waals surface area contributed by atoms with Gasteiger partial charge in [0.25, 0.3) is 0 Å². The van der Waals surface area contributed by atoms with Crippen molar-refractivity contribution in [2.75, 3.05) is 6.79 Å². The van der Waals surface area contributed by atoms with Crippen LogP contribution in [0.15, 0.2) is 24.4 Å². The lowest BCUT2D eigenvalue weighted by Gasteiger charge is -1.98. The lowest BCUT2D eigenvalue weighted by atomic mass is 10.2. The largest absolute Gasteiger partial charge is 0.454 e.